The third-order valence-electron chi connectivity index (χ3n) is 2.43. The first-order valence-electron chi connectivity index (χ1n) is 4.84. The van der Waals surface area contributed by atoms with Crippen LogP contribution in [0, 0.1) is 0 Å². The Labute approximate surface area is 83.8 Å². The van der Waals surface area contributed by atoms with Crippen molar-refractivity contribution in [3.8, 4) is 0 Å². The van der Waals surface area contributed by atoms with E-state index < -0.39 is 0 Å². The Bertz CT molecular complexity index is 230. The van der Waals surface area contributed by atoms with Gasteiger partial charge in [0.25, 0.3) is 0 Å². The number of nitrogens with zero attached hydrogens (tertiary/aromatic N) is 2. The second-order valence-corrected chi connectivity index (χ2v) is 3.66. The molecular weight excluding hydrogens is 182 g/mol. The van der Waals surface area contributed by atoms with E-state index in [1.807, 2.05) is 4.90 Å². The summed E-state index contributed by atoms with van der Waals surface area (Å²) < 4.78 is 0. The first-order chi connectivity index (χ1) is 6.59. The molecule has 0 aromatic rings. The smallest absolute Gasteiger partial charge is 0.236 e. The number of likely N-dealkylation sites (N-methyl/N-ethyl adjacent to an activating group) is 1. The van der Waals surface area contributed by atoms with Crippen LogP contribution in [0.25, 0.3) is 0 Å². The highest BCUT2D eigenvalue weighted by Crippen LogP contribution is 2.02. The number of hydrogen-bond acceptors (Lipinski definition) is 3. The van der Waals surface area contributed by atoms with Crippen molar-refractivity contribution >= 4 is 11.8 Å². The van der Waals surface area contributed by atoms with Crippen LogP contribution in [0.1, 0.15) is 12.8 Å². The van der Waals surface area contributed by atoms with Gasteiger partial charge < -0.3 is 10.6 Å². The van der Waals surface area contributed by atoms with Gasteiger partial charge in [-0.2, -0.15) is 0 Å². The van der Waals surface area contributed by atoms with E-state index in [1.165, 1.54) is 0 Å². The van der Waals surface area contributed by atoms with E-state index in [1.54, 1.807) is 11.9 Å². The van der Waals surface area contributed by atoms with Gasteiger partial charge in [-0.05, 0) is 6.42 Å². The van der Waals surface area contributed by atoms with Crippen molar-refractivity contribution in [2.24, 2.45) is 5.73 Å². The number of hydrogen-bond donors (Lipinski definition) is 1. The Balaban J connectivity index is 2.38. The highest BCUT2D eigenvalue weighted by Gasteiger charge is 2.18. The minimum absolute atomic E-state index is 0.118. The molecule has 1 rings (SSSR count). The molecule has 5 nitrogen and oxygen atoms in total. The minimum atomic E-state index is -0.310. The molecule has 0 spiro atoms. The van der Waals surface area contributed by atoms with Crippen molar-refractivity contribution in [1.82, 2.24) is 9.80 Å². The molecule has 80 valence electrons. The fourth-order valence-electron chi connectivity index (χ4n) is 1.51. The Morgan fingerprint density at radius 1 is 1.50 bits per heavy atom. The topological polar surface area (TPSA) is 66.6 Å². The first kappa shape index (κ1) is 11.0. The number of carbonyl (C=O) groups is 2. The summed E-state index contributed by atoms with van der Waals surface area (Å²) in [5, 5.41) is 0. The lowest BCUT2D eigenvalue weighted by molar-refractivity contribution is -0.130. The molecule has 0 aromatic carbocycles. The van der Waals surface area contributed by atoms with E-state index in [4.69, 9.17) is 5.73 Å². The molecule has 1 fully saturated rings. The van der Waals surface area contributed by atoms with Gasteiger partial charge >= 0.3 is 0 Å². The monoisotopic (exact) mass is 199 g/mol. The van der Waals surface area contributed by atoms with Crippen LogP contribution in [0.15, 0.2) is 0 Å². The molecule has 14 heavy (non-hydrogen) atoms. The molecule has 1 aliphatic heterocycles. The maximum atomic E-state index is 11.4. The largest absolute Gasteiger partial charge is 0.370 e. The van der Waals surface area contributed by atoms with Crippen LogP contribution >= 0.6 is 0 Å². The van der Waals surface area contributed by atoms with E-state index in [9.17, 15) is 9.59 Å². The van der Waals surface area contributed by atoms with E-state index in [0.29, 0.717) is 19.5 Å². The van der Waals surface area contributed by atoms with E-state index in [2.05, 4.69) is 0 Å². The molecule has 0 atom stereocenters. The van der Waals surface area contributed by atoms with Crippen LogP contribution < -0.4 is 5.73 Å². The third-order valence-corrected chi connectivity index (χ3v) is 2.43. The van der Waals surface area contributed by atoms with Gasteiger partial charge in [-0.3, -0.25) is 14.5 Å². The van der Waals surface area contributed by atoms with E-state index in [0.717, 1.165) is 19.5 Å². The molecule has 2 N–H and O–H groups in total. The van der Waals surface area contributed by atoms with Crippen LogP contribution in [-0.2, 0) is 9.59 Å². The van der Waals surface area contributed by atoms with E-state index in [-0.39, 0.29) is 11.8 Å². The van der Waals surface area contributed by atoms with E-state index >= 15 is 0 Å². The Hall–Kier alpha value is -1.10. The predicted octanol–water partition coefficient (Wildman–Crippen LogP) is -0.974. The highest BCUT2D eigenvalue weighted by atomic mass is 16.2. The highest BCUT2D eigenvalue weighted by molar-refractivity contribution is 5.78. The SMILES string of the molecule is CN1CCCN(CCC(N)=O)CC1=O. The van der Waals surface area contributed by atoms with Gasteiger partial charge in [0.1, 0.15) is 0 Å². The van der Waals surface area contributed by atoms with Crippen molar-refractivity contribution in [3.05, 3.63) is 0 Å². The van der Waals surface area contributed by atoms with Gasteiger partial charge in [0, 0.05) is 33.1 Å². The average molecular weight is 199 g/mol. The third kappa shape index (κ3) is 3.33. The zero-order chi connectivity index (χ0) is 10.6. The van der Waals surface area contributed by atoms with Gasteiger partial charge in [-0.1, -0.05) is 0 Å². The van der Waals surface area contributed by atoms with Crippen LogP contribution in [0.5, 0.6) is 0 Å². The number of amides is 2. The quantitative estimate of drug-likeness (QED) is 0.635. The van der Waals surface area contributed by atoms with Gasteiger partial charge in [-0.15, -0.1) is 0 Å². The van der Waals surface area contributed by atoms with Gasteiger partial charge in [0.2, 0.25) is 11.8 Å². The average Bonchev–Trinajstić information content (AvgIpc) is 2.26. The van der Waals surface area contributed by atoms with Gasteiger partial charge in [0.05, 0.1) is 6.54 Å². The van der Waals surface area contributed by atoms with Crippen molar-refractivity contribution < 1.29 is 9.59 Å². The molecule has 0 saturated carbocycles. The van der Waals surface area contributed by atoms with Gasteiger partial charge in [-0.25, -0.2) is 0 Å². The molecule has 0 aliphatic carbocycles. The lowest BCUT2D eigenvalue weighted by Crippen LogP contribution is -2.35. The van der Waals surface area contributed by atoms with Crippen LogP contribution in [-0.4, -0.2) is 54.8 Å². The second-order valence-electron chi connectivity index (χ2n) is 3.66. The molecule has 0 aromatic heterocycles. The Morgan fingerprint density at radius 3 is 2.86 bits per heavy atom. The fourth-order valence-corrected chi connectivity index (χ4v) is 1.51. The second kappa shape index (κ2) is 4.95. The molecule has 2 amide bonds. The van der Waals surface area contributed by atoms with Gasteiger partial charge in [0.15, 0.2) is 0 Å². The maximum Gasteiger partial charge on any atom is 0.236 e. The molecular formula is C9H17N3O2. The summed E-state index contributed by atoms with van der Waals surface area (Å²) in [5.74, 6) is -0.193. The summed E-state index contributed by atoms with van der Waals surface area (Å²) in [7, 11) is 1.81. The Morgan fingerprint density at radius 2 is 2.21 bits per heavy atom. The summed E-state index contributed by atoms with van der Waals surface area (Å²) in [6.45, 7) is 2.66. The lowest BCUT2D eigenvalue weighted by Gasteiger charge is -2.18. The Kier molecular flexibility index (Phi) is 3.88. The normalized spacial score (nSPS) is 19.5. The first-order valence-corrected chi connectivity index (χ1v) is 4.84. The molecule has 0 unspecified atom stereocenters. The lowest BCUT2D eigenvalue weighted by atomic mass is 10.3. The predicted molar refractivity (Wildman–Crippen MR) is 52.5 cm³/mol. The number of rotatable bonds is 3. The van der Waals surface area contributed by atoms with Crippen LogP contribution in [0.3, 0.4) is 0 Å². The summed E-state index contributed by atoms with van der Waals surface area (Å²) >= 11 is 0. The molecule has 1 aliphatic rings. The number of nitrogens with two attached hydrogens (primary N) is 1. The van der Waals surface area contributed by atoms with Crippen LogP contribution in [0.4, 0.5) is 0 Å². The fraction of sp³-hybridized carbons (Fsp3) is 0.778. The van der Waals surface area contributed by atoms with Crippen molar-refractivity contribution in [2.75, 3.05) is 33.2 Å². The summed E-state index contributed by atoms with van der Waals surface area (Å²) in [4.78, 5) is 25.7. The summed E-state index contributed by atoms with van der Waals surface area (Å²) in [5.41, 5.74) is 5.05. The summed E-state index contributed by atoms with van der Waals surface area (Å²) in [6, 6.07) is 0. The maximum absolute atomic E-state index is 11.4. The standard InChI is InChI=1S/C9H17N3O2/c1-11-4-2-5-12(7-9(11)14)6-3-8(10)13/h2-7H2,1H3,(H2,10,13). The van der Waals surface area contributed by atoms with Crippen LogP contribution in [0.2, 0.25) is 0 Å². The molecule has 5 heteroatoms. The van der Waals surface area contributed by atoms with Crippen molar-refractivity contribution in [1.29, 1.82) is 0 Å². The zero-order valence-electron chi connectivity index (χ0n) is 8.53. The zero-order valence-corrected chi connectivity index (χ0v) is 8.53. The van der Waals surface area contributed by atoms with Crippen molar-refractivity contribution in [2.45, 2.75) is 12.8 Å². The molecule has 1 heterocycles. The van der Waals surface area contributed by atoms with Crippen molar-refractivity contribution in [3.63, 3.8) is 0 Å². The molecule has 0 bridgehead atoms. The summed E-state index contributed by atoms with van der Waals surface area (Å²) in [6.07, 6.45) is 1.29. The molecule has 1 saturated heterocycles. The molecule has 0 radical (unpaired) electrons. The minimum Gasteiger partial charge on any atom is -0.370 e. The number of carbonyl (C=O) groups excluding carboxylic acids is 2. The number of primary amides is 1.